The van der Waals surface area contributed by atoms with E-state index in [4.69, 9.17) is 11.2 Å². The molecule has 6 atom stereocenters. The Bertz CT molecular complexity index is 906. The van der Waals surface area contributed by atoms with Crippen molar-refractivity contribution in [2.45, 2.75) is 129 Å². The molecule has 198 valence electrons. The minimum Gasteiger partial charge on any atom is -0.445 e. The molecule has 0 saturated heterocycles. The molecule has 4 aliphatic carbocycles. The standard InChI is InChI=1S/C33H48O3/c1-5-8-9-10-11-12-13-14-15-30(35)36-33(7-3)21-20-29-28-18-16-25-22-26(34)17-19-27(25)31(28)24(4)23-32(29,33)6-2/h3,22,27-29,31H,4-6,8-21,23H2,1-2H3/t27-,28-,29-,31+,32-,33-/m0/s1. The zero-order valence-corrected chi connectivity index (χ0v) is 22.9. The minimum atomic E-state index is -0.809. The SMILES string of the molecule is C#C[C@]1(OC(=O)CCCCCCCCCC)CC[C@H]2[C@@H]3CCC4=CC(=O)CC[C@@H]4[C@H]3C(=C)C[C@@]21CC. The molecule has 3 saturated carbocycles. The molecule has 0 unspecified atom stereocenters. The van der Waals surface area contributed by atoms with Crippen molar-refractivity contribution in [1.29, 1.82) is 0 Å². The number of rotatable bonds is 11. The third-order valence-electron chi connectivity index (χ3n) is 10.4. The number of esters is 1. The third-order valence-corrected chi connectivity index (χ3v) is 10.4. The molecular weight excluding hydrogens is 444 g/mol. The third kappa shape index (κ3) is 4.99. The summed E-state index contributed by atoms with van der Waals surface area (Å²) in [5, 5.41) is 0. The molecule has 0 aliphatic heterocycles. The van der Waals surface area contributed by atoms with Gasteiger partial charge in [0.25, 0.3) is 0 Å². The largest absolute Gasteiger partial charge is 0.445 e. The van der Waals surface area contributed by atoms with Crippen molar-refractivity contribution in [1.82, 2.24) is 0 Å². The quantitative estimate of drug-likeness (QED) is 0.127. The summed E-state index contributed by atoms with van der Waals surface area (Å²) in [4.78, 5) is 25.1. The normalized spacial score (nSPS) is 35.3. The van der Waals surface area contributed by atoms with Crippen molar-refractivity contribution < 1.29 is 14.3 Å². The number of carbonyl (C=O) groups excluding carboxylic acids is 2. The maximum atomic E-state index is 13.1. The van der Waals surface area contributed by atoms with Gasteiger partial charge in [-0.1, -0.05) is 82.4 Å². The van der Waals surface area contributed by atoms with E-state index in [1.54, 1.807) is 0 Å². The van der Waals surface area contributed by atoms with E-state index in [9.17, 15) is 9.59 Å². The van der Waals surface area contributed by atoms with Crippen LogP contribution < -0.4 is 0 Å². The van der Waals surface area contributed by atoms with Crippen molar-refractivity contribution >= 4 is 11.8 Å². The summed E-state index contributed by atoms with van der Waals surface area (Å²) >= 11 is 0. The lowest BCUT2D eigenvalue weighted by molar-refractivity contribution is -0.170. The van der Waals surface area contributed by atoms with Crippen LogP contribution in [0.2, 0.25) is 0 Å². The van der Waals surface area contributed by atoms with Gasteiger partial charge in [0.1, 0.15) is 0 Å². The fourth-order valence-electron chi connectivity index (χ4n) is 8.71. The van der Waals surface area contributed by atoms with Crippen LogP contribution in [0.25, 0.3) is 0 Å². The molecule has 4 aliphatic rings. The zero-order valence-electron chi connectivity index (χ0n) is 22.9. The summed E-state index contributed by atoms with van der Waals surface area (Å²) in [6.45, 7) is 9.09. The number of terminal acetylenes is 1. The van der Waals surface area contributed by atoms with Gasteiger partial charge in [0, 0.05) is 18.3 Å². The minimum absolute atomic E-state index is 0.111. The number of hydrogen-bond donors (Lipinski definition) is 0. The van der Waals surface area contributed by atoms with Crippen LogP contribution in [0.5, 0.6) is 0 Å². The van der Waals surface area contributed by atoms with E-state index in [1.807, 2.05) is 6.08 Å². The Labute approximate surface area is 219 Å². The molecule has 0 amide bonds. The average Bonchev–Trinajstić information content (AvgIpc) is 3.19. The summed E-state index contributed by atoms with van der Waals surface area (Å²) in [5.41, 5.74) is 1.62. The molecule has 0 aromatic heterocycles. The van der Waals surface area contributed by atoms with Gasteiger partial charge in [-0.15, -0.1) is 6.42 Å². The molecule has 36 heavy (non-hydrogen) atoms. The summed E-state index contributed by atoms with van der Waals surface area (Å²) in [7, 11) is 0. The van der Waals surface area contributed by atoms with E-state index in [1.165, 1.54) is 49.7 Å². The first-order valence-corrected chi connectivity index (χ1v) is 15.0. The summed E-state index contributed by atoms with van der Waals surface area (Å²) < 4.78 is 6.35. The van der Waals surface area contributed by atoms with Gasteiger partial charge in [-0.25, -0.2) is 0 Å². The molecule has 3 heteroatoms. The first-order valence-electron chi connectivity index (χ1n) is 15.0. The molecule has 0 radical (unpaired) electrons. The monoisotopic (exact) mass is 492 g/mol. The topological polar surface area (TPSA) is 43.4 Å². The molecule has 0 spiro atoms. The number of carbonyl (C=O) groups is 2. The van der Waals surface area contributed by atoms with Gasteiger partial charge >= 0.3 is 5.97 Å². The Hall–Kier alpha value is -1.82. The molecule has 3 fully saturated rings. The molecule has 0 N–H and O–H groups in total. The lowest BCUT2D eigenvalue weighted by Crippen LogP contribution is -2.55. The van der Waals surface area contributed by atoms with Crippen LogP contribution in [-0.2, 0) is 14.3 Å². The highest BCUT2D eigenvalue weighted by Crippen LogP contribution is 2.68. The Morgan fingerprint density at radius 3 is 2.50 bits per heavy atom. The highest BCUT2D eigenvalue weighted by Gasteiger charge is 2.66. The molecule has 0 bridgehead atoms. The van der Waals surface area contributed by atoms with Crippen LogP contribution in [0, 0.1) is 41.4 Å². The number of unbranched alkanes of at least 4 members (excludes halogenated alkanes) is 7. The highest BCUT2D eigenvalue weighted by atomic mass is 16.6. The highest BCUT2D eigenvalue weighted by molar-refractivity contribution is 5.91. The molecule has 0 aromatic carbocycles. The van der Waals surface area contributed by atoms with E-state index in [2.05, 4.69) is 26.3 Å². The summed E-state index contributed by atoms with van der Waals surface area (Å²) in [6, 6.07) is 0. The molecule has 4 rings (SSSR count). The lowest BCUT2D eigenvalue weighted by atomic mass is 9.48. The van der Waals surface area contributed by atoms with Crippen molar-refractivity contribution in [2.75, 3.05) is 0 Å². The van der Waals surface area contributed by atoms with Crippen LogP contribution in [0.3, 0.4) is 0 Å². The predicted molar refractivity (Wildman–Crippen MR) is 146 cm³/mol. The predicted octanol–water partition coefficient (Wildman–Crippen LogP) is 8.13. The van der Waals surface area contributed by atoms with Gasteiger partial charge in [-0.2, -0.15) is 0 Å². The number of allylic oxidation sites excluding steroid dienone is 2. The second-order valence-electron chi connectivity index (χ2n) is 12.2. The van der Waals surface area contributed by atoms with Crippen LogP contribution >= 0.6 is 0 Å². The number of ketones is 1. The van der Waals surface area contributed by atoms with Gasteiger partial charge in [-0.3, -0.25) is 9.59 Å². The Morgan fingerprint density at radius 2 is 1.81 bits per heavy atom. The van der Waals surface area contributed by atoms with Crippen molar-refractivity contribution in [3.8, 4) is 12.3 Å². The maximum Gasteiger partial charge on any atom is 0.307 e. The van der Waals surface area contributed by atoms with Gasteiger partial charge in [0.2, 0.25) is 0 Å². The number of hydrogen-bond acceptors (Lipinski definition) is 3. The van der Waals surface area contributed by atoms with E-state index < -0.39 is 5.60 Å². The van der Waals surface area contributed by atoms with E-state index in [0.29, 0.717) is 42.3 Å². The van der Waals surface area contributed by atoms with E-state index in [0.717, 1.165) is 57.8 Å². The lowest BCUT2D eigenvalue weighted by Gasteiger charge is -2.57. The van der Waals surface area contributed by atoms with Crippen LogP contribution in [0.4, 0.5) is 0 Å². The first kappa shape index (κ1) is 27.2. The fourth-order valence-corrected chi connectivity index (χ4v) is 8.71. The van der Waals surface area contributed by atoms with E-state index in [-0.39, 0.29) is 11.4 Å². The Balaban J connectivity index is 1.41. The molecule has 0 aromatic rings. The second kappa shape index (κ2) is 11.7. The zero-order chi connectivity index (χ0) is 25.8. The smallest absolute Gasteiger partial charge is 0.307 e. The first-order chi connectivity index (χ1) is 17.4. The maximum absolute atomic E-state index is 13.1. The van der Waals surface area contributed by atoms with Crippen molar-refractivity contribution in [3.05, 3.63) is 23.8 Å². The second-order valence-corrected chi connectivity index (χ2v) is 12.2. The number of ether oxygens (including phenoxy) is 1. The number of fused-ring (bicyclic) bond motifs is 5. The average molecular weight is 493 g/mol. The van der Waals surface area contributed by atoms with Gasteiger partial charge < -0.3 is 4.74 Å². The summed E-state index contributed by atoms with van der Waals surface area (Å²) in [6.07, 6.45) is 25.6. The molecule has 3 nitrogen and oxygen atoms in total. The van der Waals surface area contributed by atoms with Crippen LogP contribution in [-0.4, -0.2) is 17.4 Å². The van der Waals surface area contributed by atoms with Gasteiger partial charge in [0.15, 0.2) is 11.4 Å². The fraction of sp³-hybridized carbons (Fsp3) is 0.758. The van der Waals surface area contributed by atoms with Crippen LogP contribution in [0.1, 0.15) is 123 Å². The Kier molecular flexibility index (Phi) is 8.85. The van der Waals surface area contributed by atoms with Gasteiger partial charge in [-0.05, 0) is 81.1 Å². The molecular formula is C33H48O3. The van der Waals surface area contributed by atoms with Crippen molar-refractivity contribution in [2.24, 2.45) is 29.1 Å². The summed E-state index contributed by atoms with van der Waals surface area (Å²) in [5.74, 6) is 5.16. The van der Waals surface area contributed by atoms with E-state index >= 15 is 0 Å². The van der Waals surface area contributed by atoms with Gasteiger partial charge in [0.05, 0.1) is 0 Å². The Morgan fingerprint density at radius 1 is 1.08 bits per heavy atom. The van der Waals surface area contributed by atoms with Crippen LogP contribution in [0.15, 0.2) is 23.8 Å². The molecule has 0 heterocycles. The van der Waals surface area contributed by atoms with Crippen molar-refractivity contribution in [3.63, 3.8) is 0 Å².